The van der Waals surface area contributed by atoms with Gasteiger partial charge < -0.3 is 0 Å². The highest BCUT2D eigenvalue weighted by molar-refractivity contribution is 9.13. The van der Waals surface area contributed by atoms with Crippen LogP contribution in [-0.4, -0.2) is 9.78 Å². The Hall–Kier alpha value is -0.0900. The largest absolute Gasteiger partial charge is 0.247 e. The highest BCUT2D eigenvalue weighted by Gasteiger charge is 1.98. The molecule has 0 amide bonds. The second-order valence-electron chi connectivity index (χ2n) is 1.43. The molecule has 0 atom stereocenters. The molecule has 0 aromatic carbocycles. The maximum absolute atomic E-state index is 4.00. The van der Waals surface area contributed by atoms with Crippen molar-refractivity contribution in [3.05, 3.63) is 21.9 Å². The van der Waals surface area contributed by atoms with Crippen LogP contribution in [0.3, 0.4) is 0 Å². The Balaban J connectivity index is 3.11. The monoisotopic (exact) mass is 250 g/mol. The van der Waals surface area contributed by atoms with Gasteiger partial charge in [0.25, 0.3) is 0 Å². The zero-order chi connectivity index (χ0) is 6.85. The lowest BCUT2D eigenvalue weighted by Gasteiger charge is -1.82. The normalized spacial score (nSPS) is 9.56. The van der Waals surface area contributed by atoms with E-state index in [1.807, 2.05) is 6.20 Å². The Bertz CT molecular complexity index is 209. The van der Waals surface area contributed by atoms with Crippen LogP contribution in [0.1, 0.15) is 0 Å². The molecule has 0 unspecified atom stereocenters. The van der Waals surface area contributed by atoms with Crippen LogP contribution in [0, 0.1) is 0 Å². The van der Waals surface area contributed by atoms with E-state index in [9.17, 15) is 0 Å². The van der Waals surface area contributed by atoms with Gasteiger partial charge in [-0.15, -0.1) is 0 Å². The first-order chi connectivity index (χ1) is 4.24. The van der Waals surface area contributed by atoms with Gasteiger partial charge in [-0.3, -0.25) is 0 Å². The van der Waals surface area contributed by atoms with Crippen LogP contribution in [-0.2, 0) is 0 Å². The summed E-state index contributed by atoms with van der Waals surface area (Å²) < 4.78 is 3.35. The van der Waals surface area contributed by atoms with Crippen molar-refractivity contribution in [2.45, 2.75) is 0 Å². The summed E-state index contributed by atoms with van der Waals surface area (Å²) in [6, 6.07) is 0. The van der Waals surface area contributed by atoms with Crippen molar-refractivity contribution in [3.63, 3.8) is 0 Å². The van der Waals surface area contributed by atoms with Crippen LogP contribution in [0.2, 0.25) is 0 Å². The molecule has 0 aliphatic carbocycles. The lowest BCUT2D eigenvalue weighted by Crippen LogP contribution is -1.82. The van der Waals surface area contributed by atoms with Crippen LogP contribution in [0.5, 0.6) is 0 Å². The Morgan fingerprint density at radius 2 is 2.33 bits per heavy atom. The zero-order valence-electron chi connectivity index (χ0n) is 4.51. The van der Waals surface area contributed by atoms with Gasteiger partial charge in [-0.05, 0) is 31.9 Å². The Kier molecular flexibility index (Phi) is 2.08. The standard InChI is InChI=1S/C5H4Br2N2/c1-2-9-3-4(6)5(7)8-9/h2-3H,1H2. The third-order valence-electron chi connectivity index (χ3n) is 0.833. The third-order valence-corrected chi connectivity index (χ3v) is 2.53. The molecule has 1 heterocycles. The van der Waals surface area contributed by atoms with Crippen molar-refractivity contribution < 1.29 is 0 Å². The minimum Gasteiger partial charge on any atom is -0.247 e. The molecule has 0 spiro atoms. The Morgan fingerprint density at radius 3 is 2.56 bits per heavy atom. The van der Waals surface area contributed by atoms with Crippen molar-refractivity contribution in [1.29, 1.82) is 0 Å². The highest BCUT2D eigenvalue weighted by Crippen LogP contribution is 2.19. The summed E-state index contributed by atoms with van der Waals surface area (Å²) in [6.45, 7) is 3.54. The summed E-state index contributed by atoms with van der Waals surface area (Å²) in [4.78, 5) is 0. The van der Waals surface area contributed by atoms with E-state index in [-0.39, 0.29) is 0 Å². The molecule has 4 heteroatoms. The molecule has 0 aliphatic rings. The highest BCUT2D eigenvalue weighted by atomic mass is 79.9. The molecular weight excluding hydrogens is 248 g/mol. The molecule has 1 aromatic rings. The summed E-state index contributed by atoms with van der Waals surface area (Å²) >= 11 is 6.51. The van der Waals surface area contributed by atoms with Gasteiger partial charge in [-0.2, -0.15) is 5.10 Å². The summed E-state index contributed by atoms with van der Waals surface area (Å²) in [5.74, 6) is 0. The van der Waals surface area contributed by atoms with Gasteiger partial charge in [0.15, 0.2) is 0 Å². The quantitative estimate of drug-likeness (QED) is 0.750. The van der Waals surface area contributed by atoms with Gasteiger partial charge in [-0.1, -0.05) is 6.58 Å². The number of hydrogen-bond acceptors (Lipinski definition) is 1. The van der Waals surface area contributed by atoms with E-state index in [1.165, 1.54) is 0 Å². The lowest BCUT2D eigenvalue weighted by atomic mass is 10.7. The molecular formula is C5H4Br2N2. The molecule has 0 fully saturated rings. The van der Waals surface area contributed by atoms with Gasteiger partial charge in [0.1, 0.15) is 4.60 Å². The van der Waals surface area contributed by atoms with Crippen molar-refractivity contribution in [2.24, 2.45) is 0 Å². The maximum atomic E-state index is 4.00. The average molecular weight is 252 g/mol. The first kappa shape index (κ1) is 7.02. The molecule has 0 radical (unpaired) electrons. The van der Waals surface area contributed by atoms with E-state index in [4.69, 9.17) is 0 Å². The topological polar surface area (TPSA) is 17.8 Å². The number of hydrogen-bond donors (Lipinski definition) is 0. The second kappa shape index (κ2) is 2.66. The van der Waals surface area contributed by atoms with E-state index in [2.05, 4.69) is 43.5 Å². The van der Waals surface area contributed by atoms with Crippen molar-refractivity contribution in [2.75, 3.05) is 0 Å². The molecule has 0 N–H and O–H groups in total. The first-order valence-corrected chi connectivity index (χ1v) is 3.85. The van der Waals surface area contributed by atoms with Gasteiger partial charge >= 0.3 is 0 Å². The zero-order valence-corrected chi connectivity index (χ0v) is 7.68. The Labute approximate surface area is 69.8 Å². The fourth-order valence-electron chi connectivity index (χ4n) is 0.441. The molecule has 1 aromatic heterocycles. The molecule has 0 aliphatic heterocycles. The van der Waals surface area contributed by atoms with Crippen LogP contribution in [0.25, 0.3) is 6.20 Å². The predicted octanol–water partition coefficient (Wildman–Crippen LogP) is 2.51. The van der Waals surface area contributed by atoms with E-state index in [0.29, 0.717) is 0 Å². The van der Waals surface area contributed by atoms with E-state index < -0.39 is 0 Å². The third kappa shape index (κ3) is 1.43. The van der Waals surface area contributed by atoms with Crippen molar-refractivity contribution >= 4 is 38.1 Å². The summed E-state index contributed by atoms with van der Waals surface area (Å²) in [5, 5.41) is 4.00. The Morgan fingerprint density at radius 1 is 1.67 bits per heavy atom. The number of halogens is 2. The van der Waals surface area contributed by atoms with Crippen molar-refractivity contribution in [1.82, 2.24) is 9.78 Å². The fraction of sp³-hybridized carbons (Fsp3) is 0. The van der Waals surface area contributed by atoms with Crippen LogP contribution in [0.4, 0.5) is 0 Å². The van der Waals surface area contributed by atoms with Crippen molar-refractivity contribution in [3.8, 4) is 0 Å². The number of nitrogens with zero attached hydrogens (tertiary/aromatic N) is 2. The van der Waals surface area contributed by atoms with Gasteiger partial charge in [0.05, 0.1) is 4.47 Å². The molecule has 1 rings (SSSR count). The summed E-state index contributed by atoms with van der Waals surface area (Å²) in [6.07, 6.45) is 3.44. The van der Waals surface area contributed by atoms with Gasteiger partial charge in [0, 0.05) is 12.4 Å². The predicted molar refractivity (Wildman–Crippen MR) is 44.0 cm³/mol. The minimum atomic E-state index is 0.794. The summed E-state index contributed by atoms with van der Waals surface area (Å²) in [7, 11) is 0. The van der Waals surface area contributed by atoms with Crippen LogP contribution in [0.15, 0.2) is 21.9 Å². The van der Waals surface area contributed by atoms with Gasteiger partial charge in [0.2, 0.25) is 0 Å². The average Bonchev–Trinajstić information content (AvgIpc) is 2.13. The van der Waals surface area contributed by atoms with E-state index in [1.54, 1.807) is 10.9 Å². The smallest absolute Gasteiger partial charge is 0.142 e. The number of rotatable bonds is 1. The van der Waals surface area contributed by atoms with E-state index >= 15 is 0 Å². The fourth-order valence-corrected chi connectivity index (χ4v) is 1.02. The van der Waals surface area contributed by atoms with Crippen LogP contribution >= 0.6 is 31.9 Å². The van der Waals surface area contributed by atoms with Gasteiger partial charge in [-0.25, -0.2) is 4.68 Å². The number of aromatic nitrogens is 2. The first-order valence-electron chi connectivity index (χ1n) is 2.26. The molecule has 9 heavy (non-hydrogen) atoms. The molecule has 0 saturated heterocycles. The minimum absolute atomic E-state index is 0.794. The SMILES string of the molecule is C=Cn1cc(Br)c(Br)n1. The molecule has 0 saturated carbocycles. The lowest BCUT2D eigenvalue weighted by molar-refractivity contribution is 0.924. The molecule has 0 bridgehead atoms. The maximum Gasteiger partial charge on any atom is 0.142 e. The molecule has 48 valence electrons. The second-order valence-corrected chi connectivity index (χ2v) is 3.04. The van der Waals surface area contributed by atoms with E-state index in [0.717, 1.165) is 9.08 Å². The summed E-state index contributed by atoms with van der Waals surface area (Å²) in [5.41, 5.74) is 0. The van der Waals surface area contributed by atoms with Crippen LogP contribution < -0.4 is 0 Å². The molecule has 2 nitrogen and oxygen atoms in total.